The maximum absolute atomic E-state index is 12.3. The van der Waals surface area contributed by atoms with E-state index in [1.54, 1.807) is 0 Å². The molecule has 0 aromatic rings. The first-order valence-corrected chi connectivity index (χ1v) is 7.45. The van der Waals surface area contributed by atoms with Crippen LogP contribution in [-0.4, -0.2) is 55.6 Å². The first-order chi connectivity index (χ1) is 9.27. The van der Waals surface area contributed by atoms with Gasteiger partial charge in [0.25, 0.3) is 0 Å². The molecule has 0 aromatic heterocycles. The van der Waals surface area contributed by atoms with Gasteiger partial charge < -0.3 is 19.1 Å². The van der Waals surface area contributed by atoms with E-state index >= 15 is 0 Å². The molecule has 3 aliphatic rings. The first-order valence-electron chi connectivity index (χ1n) is 7.45. The maximum Gasteiger partial charge on any atom is 0.222 e. The van der Waals surface area contributed by atoms with Crippen LogP contribution in [0.3, 0.4) is 0 Å². The molecule has 3 aliphatic heterocycles. The lowest BCUT2D eigenvalue weighted by atomic mass is 10.0. The average Bonchev–Trinajstić information content (AvgIpc) is 3.08. The van der Waals surface area contributed by atoms with E-state index in [-0.39, 0.29) is 5.91 Å². The summed E-state index contributed by atoms with van der Waals surface area (Å²) in [6.45, 7) is 3.58. The molecule has 1 atom stereocenters. The summed E-state index contributed by atoms with van der Waals surface area (Å²) in [5.41, 5.74) is 0. The molecule has 1 amide bonds. The van der Waals surface area contributed by atoms with Crippen LogP contribution in [0.25, 0.3) is 0 Å². The van der Waals surface area contributed by atoms with Crippen LogP contribution in [-0.2, 0) is 19.0 Å². The monoisotopic (exact) mass is 269 g/mol. The lowest BCUT2D eigenvalue weighted by Crippen LogP contribution is -2.51. The zero-order valence-corrected chi connectivity index (χ0v) is 11.4. The van der Waals surface area contributed by atoms with Gasteiger partial charge in [0.1, 0.15) is 0 Å². The molecule has 19 heavy (non-hydrogen) atoms. The van der Waals surface area contributed by atoms with Gasteiger partial charge in [-0.15, -0.1) is 0 Å². The Morgan fingerprint density at radius 2 is 2.05 bits per heavy atom. The molecule has 5 heteroatoms. The van der Waals surface area contributed by atoms with Crippen molar-refractivity contribution in [3.8, 4) is 0 Å². The van der Waals surface area contributed by atoms with Gasteiger partial charge in [-0.2, -0.15) is 0 Å². The van der Waals surface area contributed by atoms with Gasteiger partial charge in [-0.25, -0.2) is 0 Å². The number of carbonyl (C=O) groups excluding carboxylic acids is 1. The molecule has 108 valence electrons. The van der Waals surface area contributed by atoms with E-state index in [9.17, 15) is 4.79 Å². The number of carbonyl (C=O) groups is 1. The predicted molar refractivity (Wildman–Crippen MR) is 68.7 cm³/mol. The Morgan fingerprint density at radius 1 is 1.21 bits per heavy atom. The molecular weight excluding hydrogens is 246 g/mol. The van der Waals surface area contributed by atoms with Crippen LogP contribution >= 0.6 is 0 Å². The third-order valence-electron chi connectivity index (χ3n) is 4.29. The van der Waals surface area contributed by atoms with E-state index in [0.29, 0.717) is 32.3 Å². The minimum absolute atomic E-state index is 0.216. The van der Waals surface area contributed by atoms with Gasteiger partial charge >= 0.3 is 0 Å². The summed E-state index contributed by atoms with van der Waals surface area (Å²) in [6, 6.07) is 0. The van der Waals surface area contributed by atoms with E-state index in [1.165, 1.54) is 0 Å². The third kappa shape index (κ3) is 3.09. The fourth-order valence-electron chi connectivity index (χ4n) is 3.25. The standard InChI is InChI=1S/C14H23NO4/c16-13(5-4-12-3-1-8-17-12)15-7-2-6-14(11-15)18-9-10-19-14/h12H,1-11H2. The van der Waals surface area contributed by atoms with Gasteiger partial charge in [-0.3, -0.25) is 4.79 Å². The lowest BCUT2D eigenvalue weighted by molar-refractivity contribution is -0.193. The molecule has 3 rings (SSSR count). The largest absolute Gasteiger partial charge is 0.378 e. The van der Waals surface area contributed by atoms with Gasteiger partial charge in [0, 0.05) is 26.0 Å². The summed E-state index contributed by atoms with van der Waals surface area (Å²) >= 11 is 0. The molecule has 5 nitrogen and oxygen atoms in total. The quantitative estimate of drug-likeness (QED) is 0.775. The zero-order chi connectivity index (χ0) is 13.1. The molecule has 3 fully saturated rings. The van der Waals surface area contributed by atoms with Crippen LogP contribution in [0.2, 0.25) is 0 Å². The Balaban J connectivity index is 1.48. The fraction of sp³-hybridized carbons (Fsp3) is 0.929. The highest BCUT2D eigenvalue weighted by atomic mass is 16.7. The molecule has 0 N–H and O–H groups in total. The topological polar surface area (TPSA) is 48.0 Å². The first kappa shape index (κ1) is 13.3. The number of likely N-dealkylation sites (tertiary alicyclic amines) is 1. The SMILES string of the molecule is O=C(CCC1CCCO1)N1CCCC2(C1)OCCO2. The number of nitrogens with zero attached hydrogens (tertiary/aromatic N) is 1. The van der Waals surface area contributed by atoms with E-state index in [1.807, 2.05) is 4.90 Å². The van der Waals surface area contributed by atoms with Crippen LogP contribution in [0.15, 0.2) is 0 Å². The zero-order valence-electron chi connectivity index (χ0n) is 11.4. The second-order valence-corrected chi connectivity index (χ2v) is 5.70. The Bertz CT molecular complexity index is 321. The molecule has 0 aromatic carbocycles. The molecule has 0 bridgehead atoms. The molecule has 0 saturated carbocycles. The molecular formula is C14H23NO4. The fourth-order valence-corrected chi connectivity index (χ4v) is 3.25. The summed E-state index contributed by atoms with van der Waals surface area (Å²) in [6.07, 6.45) is 5.83. The van der Waals surface area contributed by atoms with Crippen molar-refractivity contribution in [2.24, 2.45) is 0 Å². The molecule has 3 saturated heterocycles. The highest BCUT2D eigenvalue weighted by molar-refractivity contribution is 5.76. The number of hydrogen-bond acceptors (Lipinski definition) is 4. The number of hydrogen-bond donors (Lipinski definition) is 0. The van der Waals surface area contributed by atoms with Crippen molar-refractivity contribution in [3.63, 3.8) is 0 Å². The van der Waals surface area contributed by atoms with Crippen LogP contribution in [0, 0.1) is 0 Å². The highest BCUT2D eigenvalue weighted by Crippen LogP contribution is 2.30. The van der Waals surface area contributed by atoms with Crippen LogP contribution in [0.1, 0.15) is 38.5 Å². The normalized spacial score (nSPS) is 30.1. The average molecular weight is 269 g/mol. The van der Waals surface area contributed by atoms with Gasteiger partial charge in [0.2, 0.25) is 5.91 Å². The Kier molecular flexibility index (Phi) is 4.05. The molecule has 0 radical (unpaired) electrons. The second-order valence-electron chi connectivity index (χ2n) is 5.70. The number of rotatable bonds is 3. The van der Waals surface area contributed by atoms with Crippen LogP contribution in [0.4, 0.5) is 0 Å². The van der Waals surface area contributed by atoms with E-state index in [4.69, 9.17) is 14.2 Å². The van der Waals surface area contributed by atoms with Crippen molar-refractivity contribution < 1.29 is 19.0 Å². The van der Waals surface area contributed by atoms with Crippen LogP contribution in [0.5, 0.6) is 0 Å². The van der Waals surface area contributed by atoms with Crippen molar-refractivity contribution >= 4 is 5.91 Å². The highest BCUT2D eigenvalue weighted by Gasteiger charge is 2.41. The predicted octanol–water partition coefficient (Wildman–Crippen LogP) is 1.31. The number of piperidine rings is 1. The van der Waals surface area contributed by atoms with E-state index in [0.717, 1.165) is 45.3 Å². The Morgan fingerprint density at radius 3 is 2.79 bits per heavy atom. The van der Waals surface area contributed by atoms with Crippen LogP contribution < -0.4 is 0 Å². The Labute approximate surface area is 114 Å². The Hall–Kier alpha value is -0.650. The smallest absolute Gasteiger partial charge is 0.222 e. The second kappa shape index (κ2) is 5.77. The molecule has 1 unspecified atom stereocenters. The van der Waals surface area contributed by atoms with Gasteiger partial charge in [-0.05, 0) is 25.7 Å². The minimum atomic E-state index is -0.502. The summed E-state index contributed by atoms with van der Waals surface area (Å²) < 4.78 is 17.0. The van der Waals surface area contributed by atoms with Crippen molar-refractivity contribution in [2.75, 3.05) is 32.9 Å². The van der Waals surface area contributed by atoms with Gasteiger partial charge in [0.15, 0.2) is 5.79 Å². The molecule has 0 aliphatic carbocycles. The van der Waals surface area contributed by atoms with Crippen molar-refractivity contribution in [3.05, 3.63) is 0 Å². The lowest BCUT2D eigenvalue weighted by Gasteiger charge is -2.38. The van der Waals surface area contributed by atoms with Gasteiger partial charge in [-0.1, -0.05) is 0 Å². The summed E-state index contributed by atoms with van der Waals surface area (Å²) in [7, 11) is 0. The molecule has 3 heterocycles. The van der Waals surface area contributed by atoms with Crippen molar-refractivity contribution in [2.45, 2.75) is 50.4 Å². The minimum Gasteiger partial charge on any atom is -0.378 e. The van der Waals surface area contributed by atoms with Crippen molar-refractivity contribution in [1.29, 1.82) is 0 Å². The van der Waals surface area contributed by atoms with E-state index < -0.39 is 5.79 Å². The number of amides is 1. The van der Waals surface area contributed by atoms with Gasteiger partial charge in [0.05, 0.1) is 25.9 Å². The van der Waals surface area contributed by atoms with E-state index in [2.05, 4.69) is 0 Å². The molecule has 1 spiro atoms. The van der Waals surface area contributed by atoms with Crippen molar-refractivity contribution in [1.82, 2.24) is 4.90 Å². The maximum atomic E-state index is 12.3. The number of ether oxygens (including phenoxy) is 3. The summed E-state index contributed by atoms with van der Waals surface area (Å²) in [5, 5.41) is 0. The summed E-state index contributed by atoms with van der Waals surface area (Å²) in [4.78, 5) is 14.2. The summed E-state index contributed by atoms with van der Waals surface area (Å²) in [5.74, 6) is -0.286. The third-order valence-corrected chi connectivity index (χ3v) is 4.29.